The van der Waals surface area contributed by atoms with Crippen LogP contribution in [0.15, 0.2) is 47.0 Å². The van der Waals surface area contributed by atoms with Crippen LogP contribution in [-0.2, 0) is 10.9 Å². The number of carbonyl (C=O) groups is 1. The predicted octanol–water partition coefficient (Wildman–Crippen LogP) is 3.76. The van der Waals surface area contributed by atoms with E-state index in [-0.39, 0.29) is 30.6 Å². The maximum Gasteiger partial charge on any atom is 0.468 e. The van der Waals surface area contributed by atoms with Gasteiger partial charge < -0.3 is 29.3 Å². The Balaban J connectivity index is 1.69. The second-order valence-electron chi connectivity index (χ2n) is 6.83. The summed E-state index contributed by atoms with van der Waals surface area (Å²) in [5, 5.41) is 5.23. The minimum atomic E-state index is -4.75. The lowest BCUT2D eigenvalue weighted by Gasteiger charge is -2.09. The van der Waals surface area contributed by atoms with E-state index < -0.39 is 12.1 Å². The number of alkyl halides is 3. The predicted molar refractivity (Wildman–Crippen MR) is 115 cm³/mol. The summed E-state index contributed by atoms with van der Waals surface area (Å²) < 4.78 is 60.2. The molecular formula is C22H23F3N4O5. The van der Waals surface area contributed by atoms with Crippen molar-refractivity contribution in [2.75, 3.05) is 40.5 Å². The first-order chi connectivity index (χ1) is 16.3. The molecule has 0 unspecified atom stereocenters. The van der Waals surface area contributed by atoms with Crippen molar-refractivity contribution < 1.29 is 36.6 Å². The Hall–Kier alpha value is -3.80. The number of hydrogen-bond donors (Lipinski definition) is 2. The number of aromatic nitrogens is 2. The Morgan fingerprint density at radius 2 is 1.68 bits per heavy atom. The van der Waals surface area contributed by atoms with Gasteiger partial charge in [0.05, 0.1) is 20.3 Å². The molecule has 0 radical (unpaired) electrons. The Labute approximate surface area is 193 Å². The van der Waals surface area contributed by atoms with Gasteiger partial charge in [-0.15, -0.1) is 0 Å². The standard InChI is InChI=1S/C22H23F3N4O5/c1-31-11-9-26-21(30)27-10-12-33-16-6-3-14(4-7-16)19-18(29-20(34-19)22(23,24)25)15-5-8-17(32-2)28-13-15/h3-8,13H,9-12H2,1-2H3,(H2,26,27,30). The van der Waals surface area contributed by atoms with E-state index in [4.69, 9.17) is 18.6 Å². The number of carbonyl (C=O) groups excluding carboxylic acids is 1. The molecule has 3 aromatic rings. The zero-order valence-corrected chi connectivity index (χ0v) is 18.4. The van der Waals surface area contributed by atoms with Gasteiger partial charge in [0.1, 0.15) is 18.1 Å². The molecule has 34 heavy (non-hydrogen) atoms. The van der Waals surface area contributed by atoms with Crippen molar-refractivity contribution in [2.24, 2.45) is 0 Å². The zero-order chi connectivity index (χ0) is 24.6. The smallest absolute Gasteiger partial charge is 0.468 e. The van der Waals surface area contributed by atoms with Crippen LogP contribution in [0, 0.1) is 0 Å². The first kappa shape index (κ1) is 24.8. The molecule has 2 aromatic heterocycles. The molecule has 0 bridgehead atoms. The molecule has 0 spiro atoms. The number of pyridine rings is 1. The Morgan fingerprint density at radius 3 is 2.26 bits per heavy atom. The summed E-state index contributed by atoms with van der Waals surface area (Å²) in [7, 11) is 2.97. The highest BCUT2D eigenvalue weighted by molar-refractivity contribution is 5.77. The highest BCUT2D eigenvalue weighted by Crippen LogP contribution is 2.38. The van der Waals surface area contributed by atoms with Gasteiger partial charge in [-0.05, 0) is 30.3 Å². The number of benzene rings is 1. The lowest BCUT2D eigenvalue weighted by molar-refractivity contribution is -0.156. The average Bonchev–Trinajstić information content (AvgIpc) is 3.29. The van der Waals surface area contributed by atoms with Gasteiger partial charge in [0, 0.05) is 37.0 Å². The maximum atomic E-state index is 13.3. The number of amides is 2. The molecule has 182 valence electrons. The third-order valence-electron chi connectivity index (χ3n) is 4.45. The summed E-state index contributed by atoms with van der Waals surface area (Å²) in [5.74, 6) is -0.634. The Bertz CT molecular complexity index is 1070. The summed E-state index contributed by atoms with van der Waals surface area (Å²) in [4.78, 5) is 19.2. The third kappa shape index (κ3) is 6.61. The van der Waals surface area contributed by atoms with E-state index in [1.807, 2.05) is 0 Å². The monoisotopic (exact) mass is 480 g/mol. The molecule has 3 rings (SSSR count). The summed E-state index contributed by atoms with van der Waals surface area (Å²) in [6.07, 6.45) is -3.39. The molecule has 0 atom stereocenters. The van der Waals surface area contributed by atoms with Crippen LogP contribution in [0.1, 0.15) is 5.89 Å². The zero-order valence-electron chi connectivity index (χ0n) is 18.4. The summed E-state index contributed by atoms with van der Waals surface area (Å²) in [6, 6.07) is 9.00. The van der Waals surface area contributed by atoms with Crippen molar-refractivity contribution in [2.45, 2.75) is 6.18 Å². The van der Waals surface area contributed by atoms with Gasteiger partial charge in [-0.1, -0.05) is 0 Å². The minimum absolute atomic E-state index is 0.000156. The second-order valence-corrected chi connectivity index (χ2v) is 6.83. The highest BCUT2D eigenvalue weighted by Gasteiger charge is 2.39. The Kier molecular flexibility index (Phi) is 8.30. The van der Waals surface area contributed by atoms with Crippen LogP contribution in [0.25, 0.3) is 22.6 Å². The number of oxazole rings is 1. The van der Waals surface area contributed by atoms with Gasteiger partial charge in [0.2, 0.25) is 5.88 Å². The largest absolute Gasteiger partial charge is 0.492 e. The first-order valence-corrected chi connectivity index (χ1v) is 10.1. The number of rotatable bonds is 10. The van der Waals surface area contributed by atoms with Gasteiger partial charge in [-0.3, -0.25) is 0 Å². The van der Waals surface area contributed by atoms with Crippen molar-refractivity contribution in [3.8, 4) is 34.2 Å². The van der Waals surface area contributed by atoms with Crippen molar-refractivity contribution >= 4 is 6.03 Å². The third-order valence-corrected chi connectivity index (χ3v) is 4.45. The van der Waals surface area contributed by atoms with E-state index >= 15 is 0 Å². The number of urea groups is 1. The average molecular weight is 480 g/mol. The normalized spacial score (nSPS) is 11.2. The molecule has 12 heteroatoms. The van der Waals surface area contributed by atoms with Crippen molar-refractivity contribution in [1.82, 2.24) is 20.6 Å². The molecular weight excluding hydrogens is 457 g/mol. The summed E-state index contributed by atoms with van der Waals surface area (Å²) in [5.41, 5.74) is 0.710. The van der Waals surface area contributed by atoms with E-state index in [0.717, 1.165) is 0 Å². The summed E-state index contributed by atoms with van der Waals surface area (Å²) in [6.45, 7) is 1.24. The lowest BCUT2D eigenvalue weighted by Crippen LogP contribution is -2.39. The van der Waals surface area contributed by atoms with Gasteiger partial charge in [0.15, 0.2) is 5.76 Å². The molecule has 2 amide bonds. The molecule has 2 N–H and O–H groups in total. The topological polar surface area (TPSA) is 108 Å². The van der Waals surface area contributed by atoms with Crippen LogP contribution in [-0.4, -0.2) is 56.5 Å². The summed E-state index contributed by atoms with van der Waals surface area (Å²) >= 11 is 0. The van der Waals surface area contributed by atoms with Crippen molar-refractivity contribution in [3.05, 3.63) is 48.5 Å². The fraction of sp³-hybridized carbons (Fsp3) is 0.318. The highest BCUT2D eigenvalue weighted by atomic mass is 19.4. The van der Waals surface area contributed by atoms with E-state index in [1.165, 1.54) is 26.5 Å². The van der Waals surface area contributed by atoms with E-state index in [2.05, 4.69) is 20.6 Å². The number of ether oxygens (including phenoxy) is 3. The first-order valence-electron chi connectivity index (χ1n) is 10.1. The van der Waals surface area contributed by atoms with Gasteiger partial charge >= 0.3 is 18.1 Å². The molecule has 0 saturated heterocycles. The van der Waals surface area contributed by atoms with Crippen LogP contribution in [0.4, 0.5) is 18.0 Å². The van der Waals surface area contributed by atoms with Crippen LogP contribution >= 0.6 is 0 Å². The number of hydrogen-bond acceptors (Lipinski definition) is 7. The van der Waals surface area contributed by atoms with Crippen molar-refractivity contribution in [3.63, 3.8) is 0 Å². The van der Waals surface area contributed by atoms with E-state index in [1.54, 1.807) is 30.3 Å². The van der Waals surface area contributed by atoms with Crippen LogP contribution < -0.4 is 20.1 Å². The molecule has 9 nitrogen and oxygen atoms in total. The number of methoxy groups -OCH3 is 2. The fourth-order valence-electron chi connectivity index (χ4n) is 2.84. The molecule has 0 fully saturated rings. The molecule has 0 aliphatic rings. The molecule has 0 saturated carbocycles. The lowest BCUT2D eigenvalue weighted by atomic mass is 10.1. The number of nitrogens with zero attached hydrogens (tertiary/aromatic N) is 2. The number of halogens is 3. The fourth-order valence-corrected chi connectivity index (χ4v) is 2.84. The van der Waals surface area contributed by atoms with Crippen LogP contribution in [0.2, 0.25) is 0 Å². The Morgan fingerprint density at radius 1 is 1.00 bits per heavy atom. The quantitative estimate of drug-likeness (QED) is 0.426. The second kappa shape index (κ2) is 11.4. The van der Waals surface area contributed by atoms with Crippen LogP contribution in [0.5, 0.6) is 11.6 Å². The molecule has 0 aliphatic carbocycles. The van der Waals surface area contributed by atoms with E-state index in [0.29, 0.717) is 35.9 Å². The van der Waals surface area contributed by atoms with Gasteiger partial charge in [0.25, 0.3) is 0 Å². The van der Waals surface area contributed by atoms with Crippen molar-refractivity contribution in [1.29, 1.82) is 0 Å². The minimum Gasteiger partial charge on any atom is -0.492 e. The van der Waals surface area contributed by atoms with E-state index in [9.17, 15) is 18.0 Å². The SMILES string of the molecule is COCCNC(=O)NCCOc1ccc(-c2oc(C(F)(F)F)nc2-c2ccc(OC)nc2)cc1. The molecule has 2 heterocycles. The van der Waals surface area contributed by atoms with Gasteiger partial charge in [-0.25, -0.2) is 14.8 Å². The molecule has 1 aromatic carbocycles. The van der Waals surface area contributed by atoms with Crippen LogP contribution in [0.3, 0.4) is 0 Å². The molecule has 0 aliphatic heterocycles. The maximum absolute atomic E-state index is 13.3. The van der Waals surface area contributed by atoms with Gasteiger partial charge in [-0.2, -0.15) is 13.2 Å². The number of nitrogens with one attached hydrogen (secondary N) is 2.